The zero-order valence-corrected chi connectivity index (χ0v) is 21.5. The van der Waals surface area contributed by atoms with Gasteiger partial charge in [0.2, 0.25) is 0 Å². The fourth-order valence-electron chi connectivity index (χ4n) is 3.04. The Bertz CT molecular complexity index is 382. The number of carbonyl (C=O) groups excluding carboxylic acids is 2. The Balaban J connectivity index is -0.00000364. The van der Waals surface area contributed by atoms with Crippen LogP contribution >= 0.6 is 24.8 Å². The lowest BCUT2D eigenvalue weighted by Gasteiger charge is -2.21. The van der Waals surface area contributed by atoms with E-state index in [0.717, 1.165) is 51.6 Å². The molecule has 6 nitrogen and oxygen atoms in total. The van der Waals surface area contributed by atoms with E-state index < -0.39 is 0 Å². The molecule has 182 valence electrons. The fraction of sp³-hybridized carbons (Fsp3) is 0.909. The fourth-order valence-corrected chi connectivity index (χ4v) is 3.04. The van der Waals surface area contributed by atoms with Gasteiger partial charge in [0.25, 0.3) is 0 Å². The molecular formula is C22H46Cl2N2O4. The highest BCUT2D eigenvalue weighted by atomic mass is 35.5. The van der Waals surface area contributed by atoms with E-state index in [1.165, 1.54) is 0 Å². The molecule has 0 rings (SSSR count). The van der Waals surface area contributed by atoms with Crippen LogP contribution in [0.25, 0.3) is 0 Å². The van der Waals surface area contributed by atoms with E-state index in [2.05, 4.69) is 24.5 Å². The molecule has 0 radical (unpaired) electrons. The number of rotatable bonds is 17. The van der Waals surface area contributed by atoms with E-state index in [1.807, 2.05) is 27.7 Å². The average molecular weight is 474 g/mol. The van der Waals surface area contributed by atoms with Crippen molar-refractivity contribution in [1.82, 2.24) is 10.6 Å². The number of hydrogen-bond donors (Lipinski definition) is 2. The molecule has 0 saturated heterocycles. The van der Waals surface area contributed by atoms with Gasteiger partial charge in [-0.05, 0) is 38.5 Å². The monoisotopic (exact) mass is 472 g/mol. The van der Waals surface area contributed by atoms with Crippen molar-refractivity contribution in [1.29, 1.82) is 0 Å². The molecule has 8 heteroatoms. The second-order valence-electron chi connectivity index (χ2n) is 7.41. The van der Waals surface area contributed by atoms with Crippen LogP contribution in [0.5, 0.6) is 0 Å². The topological polar surface area (TPSA) is 76.7 Å². The third kappa shape index (κ3) is 14.4. The van der Waals surface area contributed by atoms with E-state index in [1.54, 1.807) is 0 Å². The molecule has 0 spiro atoms. The first-order valence-electron chi connectivity index (χ1n) is 11.3. The van der Waals surface area contributed by atoms with Gasteiger partial charge in [-0.2, -0.15) is 0 Å². The molecule has 0 aliphatic rings. The number of esters is 2. The van der Waals surface area contributed by atoms with Crippen LogP contribution in [-0.4, -0.2) is 50.3 Å². The highest BCUT2D eigenvalue weighted by Crippen LogP contribution is 2.11. The molecule has 0 aliphatic heterocycles. The summed E-state index contributed by atoms with van der Waals surface area (Å²) in [6, 6.07) is 0.320. The Morgan fingerprint density at radius 1 is 0.600 bits per heavy atom. The average Bonchev–Trinajstić information content (AvgIpc) is 2.71. The lowest BCUT2D eigenvalue weighted by atomic mass is 10.0. The Hall–Kier alpha value is -0.560. The SMILES string of the molecule is CCC(CC)C(=O)OC[C@H](CC)NCCN[C@@H](CC)COC(=O)C(CC)CC.Cl.Cl. The first-order valence-corrected chi connectivity index (χ1v) is 11.3. The lowest BCUT2D eigenvalue weighted by molar-refractivity contribution is -0.150. The van der Waals surface area contributed by atoms with Gasteiger partial charge in [0.1, 0.15) is 13.2 Å². The Morgan fingerprint density at radius 2 is 0.900 bits per heavy atom. The molecule has 0 heterocycles. The highest BCUT2D eigenvalue weighted by molar-refractivity contribution is 5.85. The minimum atomic E-state index is -0.0892. The predicted molar refractivity (Wildman–Crippen MR) is 129 cm³/mol. The zero-order valence-electron chi connectivity index (χ0n) is 19.8. The summed E-state index contributed by atoms with van der Waals surface area (Å²) in [6.07, 6.45) is 5.10. The molecule has 0 aromatic carbocycles. The molecule has 30 heavy (non-hydrogen) atoms. The van der Waals surface area contributed by atoms with Gasteiger partial charge in [-0.1, -0.05) is 41.5 Å². The van der Waals surface area contributed by atoms with Crippen LogP contribution in [0.3, 0.4) is 0 Å². The van der Waals surface area contributed by atoms with Crippen LogP contribution in [-0.2, 0) is 19.1 Å². The van der Waals surface area contributed by atoms with Crippen LogP contribution < -0.4 is 10.6 Å². The third-order valence-electron chi connectivity index (χ3n) is 5.47. The zero-order chi connectivity index (χ0) is 21.4. The summed E-state index contributed by atoms with van der Waals surface area (Å²) in [5.74, 6) is -0.165. The molecule has 2 atom stereocenters. The smallest absolute Gasteiger partial charge is 0.308 e. The summed E-state index contributed by atoms with van der Waals surface area (Å²) in [4.78, 5) is 24.0. The molecule has 0 aromatic rings. The van der Waals surface area contributed by atoms with Gasteiger partial charge in [0, 0.05) is 25.2 Å². The molecular weight excluding hydrogens is 427 g/mol. The molecule has 2 N–H and O–H groups in total. The van der Waals surface area contributed by atoms with Crippen molar-refractivity contribution in [2.75, 3.05) is 26.3 Å². The molecule has 0 unspecified atom stereocenters. The molecule has 0 amide bonds. The molecule has 0 bridgehead atoms. The number of ether oxygens (including phenoxy) is 2. The van der Waals surface area contributed by atoms with Crippen molar-refractivity contribution in [2.24, 2.45) is 11.8 Å². The summed E-state index contributed by atoms with van der Waals surface area (Å²) < 4.78 is 10.9. The highest BCUT2D eigenvalue weighted by Gasteiger charge is 2.18. The van der Waals surface area contributed by atoms with Crippen molar-refractivity contribution < 1.29 is 19.1 Å². The number of halogens is 2. The van der Waals surface area contributed by atoms with Crippen LogP contribution in [0.2, 0.25) is 0 Å². The van der Waals surface area contributed by atoms with Gasteiger partial charge in [-0.25, -0.2) is 0 Å². The molecule has 0 saturated carbocycles. The summed E-state index contributed by atoms with van der Waals surface area (Å²) in [6.45, 7) is 14.6. The van der Waals surface area contributed by atoms with Crippen molar-refractivity contribution in [3.8, 4) is 0 Å². The number of hydrogen-bond acceptors (Lipinski definition) is 6. The molecule has 0 aliphatic carbocycles. The second-order valence-corrected chi connectivity index (χ2v) is 7.41. The van der Waals surface area contributed by atoms with Crippen molar-refractivity contribution >= 4 is 36.8 Å². The maximum atomic E-state index is 12.0. The first-order chi connectivity index (χ1) is 13.5. The summed E-state index contributed by atoms with van der Waals surface area (Å²) in [7, 11) is 0. The minimum Gasteiger partial charge on any atom is -0.464 e. The van der Waals surface area contributed by atoms with Crippen molar-refractivity contribution in [2.45, 2.75) is 92.2 Å². The maximum absolute atomic E-state index is 12.0. The van der Waals surface area contributed by atoms with Gasteiger partial charge in [-0.15, -0.1) is 24.8 Å². The standard InChI is InChI=1S/C22H44N2O4.2ClH/c1-7-17(8-2)21(25)27-15-19(11-5)23-13-14-24-20(12-6)16-28-22(26)18(9-3)10-4;;/h17-20,23-24H,7-16H2,1-6H3;2*1H/t19-,20-;;/m0../s1. The van der Waals surface area contributed by atoms with Gasteiger partial charge in [0.15, 0.2) is 0 Å². The van der Waals surface area contributed by atoms with Crippen LogP contribution in [0, 0.1) is 11.8 Å². The largest absolute Gasteiger partial charge is 0.464 e. The lowest BCUT2D eigenvalue weighted by Crippen LogP contribution is -2.42. The Labute approximate surface area is 196 Å². The summed E-state index contributed by atoms with van der Waals surface area (Å²) >= 11 is 0. The molecule has 0 fully saturated rings. The normalized spacial score (nSPS) is 12.7. The number of nitrogens with one attached hydrogen (secondary N) is 2. The second kappa shape index (κ2) is 21.7. The Morgan fingerprint density at radius 3 is 1.13 bits per heavy atom. The van der Waals surface area contributed by atoms with Crippen LogP contribution in [0.15, 0.2) is 0 Å². The summed E-state index contributed by atoms with van der Waals surface area (Å²) in [5.41, 5.74) is 0. The van der Waals surface area contributed by atoms with Crippen molar-refractivity contribution in [3.05, 3.63) is 0 Å². The van der Waals surface area contributed by atoms with Gasteiger partial charge in [0.05, 0.1) is 11.8 Å². The summed E-state index contributed by atoms with van der Waals surface area (Å²) in [5, 5.41) is 6.87. The predicted octanol–water partition coefficient (Wildman–Crippen LogP) is 4.53. The van der Waals surface area contributed by atoms with Crippen LogP contribution in [0.4, 0.5) is 0 Å². The van der Waals surface area contributed by atoms with E-state index >= 15 is 0 Å². The number of carbonyl (C=O) groups is 2. The van der Waals surface area contributed by atoms with Gasteiger partial charge < -0.3 is 20.1 Å². The quantitative estimate of drug-likeness (QED) is 0.239. The Kier molecular flexibility index (Phi) is 24.6. The van der Waals surface area contributed by atoms with E-state index in [0.29, 0.717) is 13.2 Å². The van der Waals surface area contributed by atoms with E-state index in [9.17, 15) is 9.59 Å². The van der Waals surface area contributed by atoms with Crippen molar-refractivity contribution in [3.63, 3.8) is 0 Å². The minimum absolute atomic E-state index is 0. The van der Waals surface area contributed by atoms with Crippen LogP contribution in [0.1, 0.15) is 80.1 Å². The first kappa shape index (κ1) is 34.1. The van der Waals surface area contributed by atoms with E-state index in [4.69, 9.17) is 9.47 Å². The third-order valence-corrected chi connectivity index (χ3v) is 5.47. The maximum Gasteiger partial charge on any atom is 0.308 e. The van der Waals surface area contributed by atoms with Gasteiger partial charge >= 0.3 is 11.9 Å². The molecule has 0 aromatic heterocycles. The van der Waals surface area contributed by atoms with Gasteiger partial charge in [-0.3, -0.25) is 9.59 Å². The van der Waals surface area contributed by atoms with E-state index in [-0.39, 0.29) is 60.7 Å².